The van der Waals surface area contributed by atoms with Crippen molar-refractivity contribution in [3.05, 3.63) is 53.3 Å². The summed E-state index contributed by atoms with van der Waals surface area (Å²) in [6.07, 6.45) is 0.405. The Balaban J connectivity index is 1.87. The fraction of sp³-hybridized carbons (Fsp3) is 0.312. The first-order valence-corrected chi connectivity index (χ1v) is 6.96. The van der Waals surface area contributed by atoms with Gasteiger partial charge in [0.15, 0.2) is 0 Å². The van der Waals surface area contributed by atoms with Crippen LogP contribution in [0.1, 0.15) is 36.2 Å². The Hall–Kier alpha value is -2.43. The first-order chi connectivity index (χ1) is 10.0. The van der Waals surface area contributed by atoms with Crippen LogP contribution >= 0.6 is 0 Å². The molecule has 110 valence electrons. The second-order valence-corrected chi connectivity index (χ2v) is 5.16. The monoisotopic (exact) mass is 284 g/mol. The van der Waals surface area contributed by atoms with Gasteiger partial charge in [-0.15, -0.1) is 0 Å². The molecule has 0 aliphatic carbocycles. The van der Waals surface area contributed by atoms with Gasteiger partial charge in [0.1, 0.15) is 0 Å². The molecule has 0 bridgehead atoms. The van der Waals surface area contributed by atoms with E-state index in [4.69, 9.17) is 0 Å². The van der Waals surface area contributed by atoms with Gasteiger partial charge in [0.2, 0.25) is 11.9 Å². The molecule has 1 amide bonds. The van der Waals surface area contributed by atoms with Gasteiger partial charge in [-0.3, -0.25) is 15.6 Å². The quantitative estimate of drug-likeness (QED) is 0.828. The van der Waals surface area contributed by atoms with Crippen LogP contribution < -0.4 is 10.9 Å². The van der Waals surface area contributed by atoms with Crippen molar-refractivity contribution in [2.24, 2.45) is 0 Å². The third kappa shape index (κ3) is 4.56. The number of carbonyl (C=O) groups is 1. The summed E-state index contributed by atoms with van der Waals surface area (Å²) in [5, 5.41) is 0. The first kappa shape index (κ1) is 15.0. The molecule has 0 spiro atoms. The van der Waals surface area contributed by atoms with Crippen LogP contribution in [-0.4, -0.2) is 15.9 Å². The molecule has 1 atom stereocenters. The summed E-state index contributed by atoms with van der Waals surface area (Å²) in [7, 11) is 0. The lowest BCUT2D eigenvalue weighted by atomic mass is 9.98. The van der Waals surface area contributed by atoms with Crippen molar-refractivity contribution < 1.29 is 4.79 Å². The zero-order valence-electron chi connectivity index (χ0n) is 12.6. The molecule has 0 saturated carbocycles. The molecule has 2 N–H and O–H groups in total. The lowest BCUT2D eigenvalue weighted by Gasteiger charge is -2.12. The number of aromatic nitrogens is 2. The molecule has 1 aromatic heterocycles. The number of carbonyl (C=O) groups excluding carboxylic acids is 1. The van der Waals surface area contributed by atoms with E-state index in [0.29, 0.717) is 12.4 Å². The van der Waals surface area contributed by atoms with Crippen molar-refractivity contribution >= 4 is 11.9 Å². The maximum Gasteiger partial charge on any atom is 0.242 e. The average molecular weight is 284 g/mol. The zero-order valence-corrected chi connectivity index (χ0v) is 12.6. The van der Waals surface area contributed by atoms with E-state index in [2.05, 4.69) is 20.8 Å². The Morgan fingerprint density at radius 2 is 1.76 bits per heavy atom. The number of hydrogen-bond acceptors (Lipinski definition) is 4. The summed E-state index contributed by atoms with van der Waals surface area (Å²) in [5.74, 6) is 0.482. The van der Waals surface area contributed by atoms with Crippen molar-refractivity contribution in [3.63, 3.8) is 0 Å². The number of hydrazine groups is 1. The molecule has 1 heterocycles. The van der Waals surface area contributed by atoms with Crippen LogP contribution in [0.4, 0.5) is 5.95 Å². The van der Waals surface area contributed by atoms with Gasteiger partial charge in [-0.05, 0) is 31.4 Å². The number of hydrogen-bond donors (Lipinski definition) is 2. The van der Waals surface area contributed by atoms with Crippen molar-refractivity contribution in [1.82, 2.24) is 15.4 Å². The van der Waals surface area contributed by atoms with Crippen LogP contribution in [0.15, 0.2) is 36.4 Å². The molecule has 0 aliphatic heterocycles. The van der Waals surface area contributed by atoms with Crippen LogP contribution in [0.25, 0.3) is 0 Å². The highest BCUT2D eigenvalue weighted by Crippen LogP contribution is 2.17. The van der Waals surface area contributed by atoms with Crippen molar-refractivity contribution in [1.29, 1.82) is 0 Å². The highest BCUT2D eigenvalue weighted by molar-refractivity contribution is 5.77. The van der Waals surface area contributed by atoms with E-state index < -0.39 is 0 Å². The van der Waals surface area contributed by atoms with E-state index >= 15 is 0 Å². The number of benzene rings is 1. The molecule has 5 nitrogen and oxygen atoms in total. The summed E-state index contributed by atoms with van der Waals surface area (Å²) >= 11 is 0. The van der Waals surface area contributed by atoms with E-state index in [9.17, 15) is 4.79 Å². The molecule has 0 aliphatic rings. The van der Waals surface area contributed by atoms with Crippen molar-refractivity contribution in [2.45, 2.75) is 33.1 Å². The smallest absolute Gasteiger partial charge is 0.242 e. The predicted molar refractivity (Wildman–Crippen MR) is 82.7 cm³/mol. The highest BCUT2D eigenvalue weighted by Gasteiger charge is 2.11. The fourth-order valence-corrected chi connectivity index (χ4v) is 2.14. The Morgan fingerprint density at radius 3 is 2.38 bits per heavy atom. The summed E-state index contributed by atoms with van der Waals surface area (Å²) in [5.41, 5.74) is 8.27. The minimum atomic E-state index is -0.0888. The van der Waals surface area contributed by atoms with Gasteiger partial charge in [0, 0.05) is 17.8 Å². The van der Waals surface area contributed by atoms with Crippen LogP contribution in [0.5, 0.6) is 0 Å². The number of nitrogens with one attached hydrogen (secondary N) is 2. The number of amides is 1. The molecule has 21 heavy (non-hydrogen) atoms. The number of rotatable bonds is 5. The third-order valence-corrected chi connectivity index (χ3v) is 3.16. The topological polar surface area (TPSA) is 66.9 Å². The molecule has 5 heteroatoms. The van der Waals surface area contributed by atoms with Gasteiger partial charge >= 0.3 is 0 Å². The van der Waals surface area contributed by atoms with E-state index in [0.717, 1.165) is 17.0 Å². The van der Waals surface area contributed by atoms with E-state index in [1.165, 1.54) is 0 Å². The van der Waals surface area contributed by atoms with Crippen LogP contribution in [0, 0.1) is 13.8 Å². The molecular formula is C16H20N4O. The molecule has 1 aromatic carbocycles. The van der Waals surface area contributed by atoms with Gasteiger partial charge in [-0.1, -0.05) is 37.3 Å². The molecule has 0 fully saturated rings. The first-order valence-electron chi connectivity index (χ1n) is 6.96. The minimum Gasteiger partial charge on any atom is -0.273 e. The van der Waals surface area contributed by atoms with Crippen molar-refractivity contribution in [2.75, 3.05) is 5.43 Å². The van der Waals surface area contributed by atoms with E-state index in [1.807, 2.05) is 57.2 Å². The van der Waals surface area contributed by atoms with Gasteiger partial charge in [0.05, 0.1) is 0 Å². The Labute approximate surface area is 124 Å². The Bertz CT molecular complexity index is 593. The van der Waals surface area contributed by atoms with Crippen LogP contribution in [0.3, 0.4) is 0 Å². The van der Waals surface area contributed by atoms with Gasteiger partial charge < -0.3 is 0 Å². The van der Waals surface area contributed by atoms with Crippen LogP contribution in [-0.2, 0) is 4.79 Å². The van der Waals surface area contributed by atoms with Crippen LogP contribution in [0.2, 0.25) is 0 Å². The summed E-state index contributed by atoms with van der Waals surface area (Å²) in [4.78, 5) is 20.4. The molecule has 2 rings (SSSR count). The summed E-state index contributed by atoms with van der Waals surface area (Å²) < 4.78 is 0. The Morgan fingerprint density at radius 1 is 1.14 bits per heavy atom. The van der Waals surface area contributed by atoms with E-state index in [-0.39, 0.29) is 11.8 Å². The predicted octanol–water partition coefficient (Wildman–Crippen LogP) is 2.73. The second-order valence-electron chi connectivity index (χ2n) is 5.16. The number of nitrogens with zero attached hydrogens (tertiary/aromatic N) is 2. The maximum absolute atomic E-state index is 11.9. The SMILES string of the molecule is Cc1cc(C)nc(NNC(=O)CC(C)c2ccccc2)n1. The third-order valence-electron chi connectivity index (χ3n) is 3.16. The normalized spacial score (nSPS) is 11.8. The summed E-state index contributed by atoms with van der Waals surface area (Å²) in [6.45, 7) is 5.81. The van der Waals surface area contributed by atoms with E-state index in [1.54, 1.807) is 0 Å². The lowest BCUT2D eigenvalue weighted by molar-refractivity contribution is -0.120. The van der Waals surface area contributed by atoms with Gasteiger partial charge in [0.25, 0.3) is 0 Å². The summed E-state index contributed by atoms with van der Waals surface area (Å²) in [6, 6.07) is 11.9. The molecule has 1 unspecified atom stereocenters. The lowest BCUT2D eigenvalue weighted by Crippen LogP contribution is -2.31. The highest BCUT2D eigenvalue weighted by atomic mass is 16.2. The minimum absolute atomic E-state index is 0.0888. The Kier molecular flexibility index (Phi) is 4.87. The second kappa shape index (κ2) is 6.83. The zero-order chi connectivity index (χ0) is 15.2. The van der Waals surface area contributed by atoms with Crippen molar-refractivity contribution in [3.8, 4) is 0 Å². The largest absolute Gasteiger partial charge is 0.273 e. The molecule has 0 radical (unpaired) electrons. The maximum atomic E-state index is 11.9. The standard InChI is InChI=1S/C16H20N4O/c1-11(14-7-5-4-6-8-14)9-15(21)19-20-16-17-12(2)10-13(3)18-16/h4-8,10-11H,9H2,1-3H3,(H,19,21)(H,17,18,20). The number of aryl methyl sites for hydroxylation is 2. The number of anilines is 1. The molecular weight excluding hydrogens is 264 g/mol. The van der Waals surface area contributed by atoms with Gasteiger partial charge in [-0.25, -0.2) is 9.97 Å². The molecule has 0 saturated heterocycles. The fourth-order valence-electron chi connectivity index (χ4n) is 2.14. The van der Waals surface area contributed by atoms with Gasteiger partial charge in [-0.2, -0.15) is 0 Å². The molecule has 2 aromatic rings. The average Bonchev–Trinajstić information content (AvgIpc) is 2.45.